The number of nitriles is 1. The van der Waals surface area contributed by atoms with Gasteiger partial charge in [-0.25, -0.2) is 9.97 Å². The van der Waals surface area contributed by atoms with Gasteiger partial charge in [0.15, 0.2) is 0 Å². The Hall–Kier alpha value is -2.78. The first kappa shape index (κ1) is 14.8. The molecule has 4 rings (SSSR count). The molecular formula is C18H15N5S. The van der Waals surface area contributed by atoms with Crippen molar-refractivity contribution in [2.24, 2.45) is 0 Å². The number of hydrogen-bond donors (Lipinski definition) is 1. The number of aromatic nitrogens is 3. The van der Waals surface area contributed by atoms with Crippen LogP contribution in [0.2, 0.25) is 0 Å². The maximum Gasteiger partial charge on any atom is 0.142 e. The van der Waals surface area contributed by atoms with E-state index in [0.29, 0.717) is 11.4 Å². The Balaban J connectivity index is 2.01. The van der Waals surface area contributed by atoms with E-state index >= 15 is 0 Å². The molecule has 6 heteroatoms. The Morgan fingerprint density at radius 2 is 2.21 bits per heavy atom. The second-order valence-electron chi connectivity index (χ2n) is 5.63. The second kappa shape index (κ2) is 5.69. The number of hydrogen-bond acceptors (Lipinski definition) is 5. The van der Waals surface area contributed by atoms with Crippen molar-refractivity contribution in [3.8, 4) is 23.1 Å². The van der Waals surface area contributed by atoms with Crippen molar-refractivity contribution in [3.63, 3.8) is 0 Å². The summed E-state index contributed by atoms with van der Waals surface area (Å²) in [6.07, 6.45) is 3.71. The van der Waals surface area contributed by atoms with Crippen LogP contribution >= 0.6 is 11.8 Å². The molecule has 118 valence electrons. The molecule has 4 heterocycles. The number of fused-ring (bicyclic) bond motifs is 1. The first-order valence-electron chi connectivity index (χ1n) is 7.63. The summed E-state index contributed by atoms with van der Waals surface area (Å²) in [4.78, 5) is 8.91. The maximum atomic E-state index is 9.66. The van der Waals surface area contributed by atoms with Crippen LogP contribution in [0, 0.1) is 11.3 Å². The standard InChI is InChI=1S/C18H15N5S/c1-11-17-13(10-24-11)16(12(9-19)18(20)22-17)14-5-4-8-23(14)15-6-2-3-7-21-15/h2-8,11H,10H2,1H3,(H2,20,22)/t11-/m1/s1. The SMILES string of the molecule is C[C@H]1SCc2c1nc(N)c(C#N)c2-c1cccn1-c1ccccn1. The third kappa shape index (κ3) is 2.17. The normalized spacial score (nSPS) is 15.9. The third-order valence-electron chi connectivity index (χ3n) is 4.23. The zero-order valence-corrected chi connectivity index (χ0v) is 13.9. The van der Waals surface area contributed by atoms with E-state index in [2.05, 4.69) is 23.0 Å². The second-order valence-corrected chi connectivity index (χ2v) is 6.96. The lowest BCUT2D eigenvalue weighted by Crippen LogP contribution is -2.07. The lowest BCUT2D eigenvalue weighted by molar-refractivity contribution is 0.994. The Morgan fingerprint density at radius 1 is 1.33 bits per heavy atom. The monoisotopic (exact) mass is 333 g/mol. The minimum Gasteiger partial charge on any atom is -0.383 e. The van der Waals surface area contributed by atoms with Gasteiger partial charge in [-0.3, -0.25) is 0 Å². The van der Waals surface area contributed by atoms with Crippen LogP contribution in [0.4, 0.5) is 5.82 Å². The summed E-state index contributed by atoms with van der Waals surface area (Å²) >= 11 is 1.81. The van der Waals surface area contributed by atoms with E-state index in [9.17, 15) is 5.26 Å². The number of pyridine rings is 2. The van der Waals surface area contributed by atoms with Gasteiger partial charge in [0.2, 0.25) is 0 Å². The van der Waals surface area contributed by atoms with E-state index in [1.54, 1.807) is 6.20 Å². The third-order valence-corrected chi connectivity index (χ3v) is 5.41. The molecule has 0 radical (unpaired) electrons. The number of nitrogen functional groups attached to an aromatic ring is 1. The van der Waals surface area contributed by atoms with E-state index in [1.807, 2.05) is 52.9 Å². The van der Waals surface area contributed by atoms with Crippen LogP contribution in [0.3, 0.4) is 0 Å². The predicted octanol–water partition coefficient (Wildman–Crippen LogP) is 3.70. The van der Waals surface area contributed by atoms with Gasteiger partial charge in [0.05, 0.1) is 11.4 Å². The van der Waals surface area contributed by atoms with Crippen LogP contribution < -0.4 is 5.73 Å². The van der Waals surface area contributed by atoms with E-state index in [1.165, 1.54) is 0 Å². The maximum absolute atomic E-state index is 9.66. The summed E-state index contributed by atoms with van der Waals surface area (Å²) in [5.41, 5.74) is 10.4. The van der Waals surface area contributed by atoms with Crippen LogP contribution in [-0.4, -0.2) is 14.5 Å². The minimum atomic E-state index is 0.284. The molecule has 0 unspecified atom stereocenters. The molecule has 0 saturated carbocycles. The average Bonchev–Trinajstić information content (AvgIpc) is 3.22. The highest BCUT2D eigenvalue weighted by molar-refractivity contribution is 7.99. The smallest absolute Gasteiger partial charge is 0.142 e. The van der Waals surface area contributed by atoms with Crippen LogP contribution in [0.5, 0.6) is 0 Å². The molecule has 2 N–H and O–H groups in total. The molecule has 3 aromatic rings. The fourth-order valence-electron chi connectivity index (χ4n) is 3.11. The molecule has 24 heavy (non-hydrogen) atoms. The zero-order chi connectivity index (χ0) is 16.7. The Bertz CT molecular complexity index is 956. The van der Waals surface area contributed by atoms with Gasteiger partial charge in [0.25, 0.3) is 0 Å². The molecule has 0 aromatic carbocycles. The number of anilines is 1. The lowest BCUT2D eigenvalue weighted by atomic mass is 9.98. The van der Waals surface area contributed by atoms with Crippen LogP contribution in [0.25, 0.3) is 17.1 Å². The Labute approximate surface area is 144 Å². The summed E-state index contributed by atoms with van der Waals surface area (Å²) in [6, 6.07) is 12.0. The Morgan fingerprint density at radius 3 is 2.96 bits per heavy atom. The van der Waals surface area contributed by atoms with E-state index < -0.39 is 0 Å². The largest absolute Gasteiger partial charge is 0.383 e. The van der Waals surface area contributed by atoms with Crippen molar-refractivity contribution >= 4 is 17.6 Å². The van der Waals surface area contributed by atoms with E-state index in [4.69, 9.17) is 5.73 Å². The van der Waals surface area contributed by atoms with Crippen molar-refractivity contribution in [1.82, 2.24) is 14.5 Å². The average molecular weight is 333 g/mol. The van der Waals surface area contributed by atoms with E-state index in [-0.39, 0.29) is 5.25 Å². The number of nitrogens with two attached hydrogens (primary N) is 1. The summed E-state index contributed by atoms with van der Waals surface area (Å²) in [6.45, 7) is 2.12. The first-order chi connectivity index (χ1) is 11.7. The van der Waals surface area contributed by atoms with E-state index in [0.717, 1.165) is 34.1 Å². The summed E-state index contributed by atoms with van der Waals surface area (Å²) in [5.74, 6) is 1.94. The topological polar surface area (TPSA) is 80.5 Å². The van der Waals surface area contributed by atoms with Gasteiger partial charge in [-0.15, -0.1) is 11.8 Å². The minimum absolute atomic E-state index is 0.284. The van der Waals surface area contributed by atoms with Crippen molar-refractivity contribution in [2.45, 2.75) is 17.9 Å². The molecule has 5 nitrogen and oxygen atoms in total. The highest BCUT2D eigenvalue weighted by Gasteiger charge is 2.29. The lowest BCUT2D eigenvalue weighted by Gasteiger charge is -2.15. The molecule has 3 aromatic heterocycles. The van der Waals surface area contributed by atoms with Crippen LogP contribution in [-0.2, 0) is 5.75 Å². The number of rotatable bonds is 2. The first-order valence-corrected chi connectivity index (χ1v) is 8.68. The number of thioether (sulfide) groups is 1. The molecule has 1 atom stereocenters. The molecule has 0 aliphatic carbocycles. The summed E-state index contributed by atoms with van der Waals surface area (Å²) in [7, 11) is 0. The number of nitrogens with zero attached hydrogens (tertiary/aromatic N) is 4. The summed E-state index contributed by atoms with van der Waals surface area (Å²) in [5, 5.41) is 9.94. The van der Waals surface area contributed by atoms with Crippen molar-refractivity contribution in [3.05, 3.63) is 59.5 Å². The fraction of sp³-hybridized carbons (Fsp3) is 0.167. The highest BCUT2D eigenvalue weighted by Crippen LogP contribution is 2.46. The highest BCUT2D eigenvalue weighted by atomic mass is 32.2. The molecule has 0 spiro atoms. The van der Waals surface area contributed by atoms with Gasteiger partial charge in [-0.1, -0.05) is 6.07 Å². The Kier molecular flexibility index (Phi) is 3.51. The molecule has 0 fully saturated rings. The molecule has 0 bridgehead atoms. The van der Waals surface area contributed by atoms with Gasteiger partial charge >= 0.3 is 0 Å². The van der Waals surface area contributed by atoms with Crippen molar-refractivity contribution in [2.75, 3.05) is 5.73 Å². The van der Waals surface area contributed by atoms with Crippen LogP contribution in [0.1, 0.15) is 29.0 Å². The molecule has 0 saturated heterocycles. The van der Waals surface area contributed by atoms with Gasteiger partial charge in [0, 0.05) is 29.0 Å². The van der Waals surface area contributed by atoms with Crippen LogP contribution in [0.15, 0.2) is 42.7 Å². The quantitative estimate of drug-likeness (QED) is 0.773. The van der Waals surface area contributed by atoms with Gasteiger partial charge in [-0.2, -0.15) is 5.26 Å². The predicted molar refractivity (Wildman–Crippen MR) is 95.6 cm³/mol. The fourth-order valence-corrected chi connectivity index (χ4v) is 4.17. The molecular weight excluding hydrogens is 318 g/mol. The van der Waals surface area contributed by atoms with Gasteiger partial charge < -0.3 is 10.3 Å². The summed E-state index contributed by atoms with van der Waals surface area (Å²) < 4.78 is 1.99. The zero-order valence-electron chi connectivity index (χ0n) is 13.1. The van der Waals surface area contributed by atoms with Crippen molar-refractivity contribution in [1.29, 1.82) is 5.26 Å². The molecule has 1 aliphatic heterocycles. The van der Waals surface area contributed by atoms with Crippen molar-refractivity contribution < 1.29 is 0 Å². The van der Waals surface area contributed by atoms with Gasteiger partial charge in [-0.05, 0) is 36.8 Å². The molecule has 0 amide bonds. The molecule has 1 aliphatic rings. The van der Waals surface area contributed by atoms with Gasteiger partial charge in [0.1, 0.15) is 23.3 Å².